The molecule has 0 atom stereocenters. The molecule has 0 radical (unpaired) electrons. The van der Waals surface area contributed by atoms with E-state index in [2.05, 4.69) is 9.89 Å². The number of rotatable bonds is 1. The summed E-state index contributed by atoms with van der Waals surface area (Å²) in [6, 6.07) is 4.29. The molecule has 20 heavy (non-hydrogen) atoms. The van der Waals surface area contributed by atoms with Crippen molar-refractivity contribution in [2.75, 3.05) is 13.1 Å². The number of phenols is 2. The van der Waals surface area contributed by atoms with Crippen molar-refractivity contribution < 1.29 is 15.0 Å². The SMILES string of the molecule is O=C1N=C(N2CCCC2)SC1=Cc1ccc(O)cc1O. The second-order valence-electron chi connectivity index (χ2n) is 4.75. The number of nitrogens with zero attached hydrogens (tertiary/aromatic N) is 2. The van der Waals surface area contributed by atoms with Gasteiger partial charge in [-0.25, -0.2) is 0 Å². The third-order valence-corrected chi connectivity index (χ3v) is 4.33. The molecule has 2 aliphatic heterocycles. The molecule has 0 spiro atoms. The predicted molar refractivity (Wildman–Crippen MR) is 78.6 cm³/mol. The lowest BCUT2D eigenvalue weighted by atomic mass is 10.2. The second kappa shape index (κ2) is 5.20. The molecule has 0 bridgehead atoms. The Bertz CT molecular complexity index is 619. The molecular weight excluding hydrogens is 276 g/mol. The van der Waals surface area contributed by atoms with Crippen molar-refractivity contribution in [1.82, 2.24) is 4.90 Å². The molecule has 0 saturated carbocycles. The molecule has 5 nitrogen and oxygen atoms in total. The largest absolute Gasteiger partial charge is 0.508 e. The third kappa shape index (κ3) is 2.51. The lowest BCUT2D eigenvalue weighted by molar-refractivity contribution is -0.113. The van der Waals surface area contributed by atoms with E-state index in [1.54, 1.807) is 12.1 Å². The lowest BCUT2D eigenvalue weighted by Crippen LogP contribution is -2.23. The molecule has 1 fully saturated rings. The fourth-order valence-corrected chi connectivity index (χ4v) is 3.19. The van der Waals surface area contributed by atoms with Gasteiger partial charge in [-0.15, -0.1) is 0 Å². The summed E-state index contributed by atoms with van der Waals surface area (Å²) in [6.45, 7) is 1.88. The third-order valence-electron chi connectivity index (χ3n) is 3.29. The number of aromatic hydroxyl groups is 2. The number of likely N-dealkylation sites (tertiary alicyclic amines) is 1. The summed E-state index contributed by atoms with van der Waals surface area (Å²) >= 11 is 1.34. The minimum atomic E-state index is -0.274. The Morgan fingerprint density at radius 2 is 2.00 bits per heavy atom. The van der Waals surface area contributed by atoms with Crippen LogP contribution in [0.2, 0.25) is 0 Å². The second-order valence-corrected chi connectivity index (χ2v) is 5.76. The van der Waals surface area contributed by atoms with Gasteiger partial charge < -0.3 is 15.1 Å². The van der Waals surface area contributed by atoms with Gasteiger partial charge in [0.2, 0.25) is 0 Å². The molecule has 6 heteroatoms. The zero-order valence-corrected chi connectivity index (χ0v) is 11.6. The van der Waals surface area contributed by atoms with Gasteiger partial charge in [-0.05, 0) is 42.8 Å². The molecule has 1 saturated heterocycles. The topological polar surface area (TPSA) is 73.1 Å². The number of benzene rings is 1. The molecule has 0 aromatic heterocycles. The molecule has 2 N–H and O–H groups in total. The zero-order chi connectivity index (χ0) is 14.1. The highest BCUT2D eigenvalue weighted by molar-refractivity contribution is 8.18. The first-order chi connectivity index (χ1) is 9.63. The summed E-state index contributed by atoms with van der Waals surface area (Å²) in [5.74, 6) is -0.339. The monoisotopic (exact) mass is 290 g/mol. The van der Waals surface area contributed by atoms with Crippen molar-refractivity contribution in [2.24, 2.45) is 4.99 Å². The van der Waals surface area contributed by atoms with E-state index in [0.717, 1.165) is 31.1 Å². The number of hydrogen-bond donors (Lipinski definition) is 2. The van der Waals surface area contributed by atoms with Gasteiger partial charge in [0.05, 0.1) is 4.91 Å². The molecule has 0 unspecified atom stereocenters. The van der Waals surface area contributed by atoms with Crippen molar-refractivity contribution in [3.8, 4) is 11.5 Å². The minimum Gasteiger partial charge on any atom is -0.508 e. The summed E-state index contributed by atoms with van der Waals surface area (Å²) in [6.07, 6.45) is 3.87. The van der Waals surface area contributed by atoms with Crippen LogP contribution in [-0.4, -0.2) is 39.3 Å². The molecular formula is C14H14N2O3S. The first-order valence-electron chi connectivity index (χ1n) is 6.43. The molecule has 1 aromatic carbocycles. The quantitative estimate of drug-likeness (QED) is 0.775. The predicted octanol–water partition coefficient (Wildman–Crippen LogP) is 2.16. The number of amides is 1. The van der Waals surface area contributed by atoms with Crippen LogP contribution >= 0.6 is 11.8 Å². The van der Waals surface area contributed by atoms with Gasteiger partial charge in [-0.2, -0.15) is 4.99 Å². The van der Waals surface area contributed by atoms with Crippen LogP contribution in [0.3, 0.4) is 0 Å². The number of phenolic OH excluding ortho intramolecular Hbond substituents is 2. The Kier molecular flexibility index (Phi) is 3.40. The first-order valence-corrected chi connectivity index (χ1v) is 7.24. The van der Waals surface area contributed by atoms with Gasteiger partial charge >= 0.3 is 0 Å². The fraction of sp³-hybridized carbons (Fsp3) is 0.286. The normalized spacial score (nSPS) is 20.8. The lowest BCUT2D eigenvalue weighted by Gasteiger charge is -2.14. The Morgan fingerprint density at radius 1 is 1.25 bits per heavy atom. The number of carbonyl (C=O) groups excluding carboxylic acids is 1. The molecule has 3 rings (SSSR count). The van der Waals surface area contributed by atoms with Crippen LogP contribution in [0.25, 0.3) is 6.08 Å². The number of amidine groups is 1. The van der Waals surface area contributed by atoms with E-state index >= 15 is 0 Å². The van der Waals surface area contributed by atoms with Gasteiger partial charge in [-0.3, -0.25) is 4.79 Å². The number of carbonyl (C=O) groups is 1. The highest BCUT2D eigenvalue weighted by atomic mass is 32.2. The van der Waals surface area contributed by atoms with E-state index in [-0.39, 0.29) is 17.4 Å². The van der Waals surface area contributed by atoms with Crippen LogP contribution in [0.4, 0.5) is 0 Å². The van der Waals surface area contributed by atoms with E-state index in [0.29, 0.717) is 10.5 Å². The Balaban J connectivity index is 1.82. The number of thioether (sulfide) groups is 1. The van der Waals surface area contributed by atoms with Crippen LogP contribution < -0.4 is 0 Å². The average molecular weight is 290 g/mol. The maximum Gasteiger partial charge on any atom is 0.286 e. The summed E-state index contributed by atoms with van der Waals surface area (Å²) in [5, 5.41) is 19.7. The van der Waals surface area contributed by atoms with Gasteiger partial charge in [0.25, 0.3) is 5.91 Å². The van der Waals surface area contributed by atoms with Crippen LogP contribution in [0, 0.1) is 0 Å². The van der Waals surface area contributed by atoms with Crippen LogP contribution in [0.5, 0.6) is 11.5 Å². The Hall–Kier alpha value is -1.95. The van der Waals surface area contributed by atoms with Gasteiger partial charge in [-0.1, -0.05) is 0 Å². The number of hydrogen-bond acceptors (Lipinski definition) is 5. The standard InChI is InChI=1S/C14H14N2O3S/c17-10-4-3-9(11(18)8-10)7-12-13(19)15-14(20-12)16-5-1-2-6-16/h3-4,7-8,17-18H,1-2,5-6H2. The summed E-state index contributed by atoms with van der Waals surface area (Å²) in [4.78, 5) is 18.6. The first kappa shape index (κ1) is 13.1. The van der Waals surface area contributed by atoms with E-state index in [4.69, 9.17) is 0 Å². The van der Waals surface area contributed by atoms with Crippen molar-refractivity contribution in [2.45, 2.75) is 12.8 Å². The fourth-order valence-electron chi connectivity index (χ4n) is 2.24. The van der Waals surface area contributed by atoms with E-state index in [1.807, 2.05) is 0 Å². The van der Waals surface area contributed by atoms with Crippen LogP contribution in [0.15, 0.2) is 28.1 Å². The molecule has 0 aliphatic carbocycles. The summed E-state index contributed by atoms with van der Waals surface area (Å²) < 4.78 is 0. The average Bonchev–Trinajstić information content (AvgIpc) is 3.03. The maximum absolute atomic E-state index is 11.9. The highest BCUT2D eigenvalue weighted by Crippen LogP contribution is 2.33. The number of aliphatic imine (C=N–C) groups is 1. The molecule has 1 amide bonds. The maximum atomic E-state index is 11.9. The molecule has 1 aromatic rings. The Morgan fingerprint density at radius 3 is 2.70 bits per heavy atom. The zero-order valence-electron chi connectivity index (χ0n) is 10.7. The van der Waals surface area contributed by atoms with Crippen molar-refractivity contribution in [1.29, 1.82) is 0 Å². The van der Waals surface area contributed by atoms with Crippen molar-refractivity contribution in [3.05, 3.63) is 28.7 Å². The smallest absolute Gasteiger partial charge is 0.286 e. The molecule has 2 heterocycles. The van der Waals surface area contributed by atoms with E-state index in [9.17, 15) is 15.0 Å². The highest BCUT2D eigenvalue weighted by Gasteiger charge is 2.27. The van der Waals surface area contributed by atoms with Crippen molar-refractivity contribution >= 4 is 28.9 Å². The van der Waals surface area contributed by atoms with Crippen LogP contribution in [0.1, 0.15) is 18.4 Å². The van der Waals surface area contributed by atoms with E-state index < -0.39 is 0 Å². The minimum absolute atomic E-state index is 0.0101. The summed E-state index contributed by atoms with van der Waals surface area (Å²) in [7, 11) is 0. The van der Waals surface area contributed by atoms with Gasteiger partial charge in [0.15, 0.2) is 5.17 Å². The van der Waals surface area contributed by atoms with E-state index in [1.165, 1.54) is 23.9 Å². The van der Waals surface area contributed by atoms with Crippen molar-refractivity contribution in [3.63, 3.8) is 0 Å². The molecule has 2 aliphatic rings. The summed E-state index contributed by atoms with van der Waals surface area (Å²) in [5.41, 5.74) is 0.497. The molecule has 104 valence electrons. The van der Waals surface area contributed by atoms with Gasteiger partial charge in [0, 0.05) is 24.7 Å². The van der Waals surface area contributed by atoms with Gasteiger partial charge in [0.1, 0.15) is 11.5 Å². The Labute approximate surface area is 120 Å². The van der Waals surface area contributed by atoms with Crippen LogP contribution in [-0.2, 0) is 4.79 Å².